The molecule has 2 heteroatoms. The van der Waals surface area contributed by atoms with Crippen LogP contribution in [-0.4, -0.2) is 10.2 Å². The van der Waals surface area contributed by atoms with Crippen LogP contribution in [0.2, 0.25) is 0 Å². The van der Waals surface area contributed by atoms with Crippen molar-refractivity contribution in [3.63, 3.8) is 0 Å². The number of hydrogen-bond acceptors (Lipinski definition) is 2. The number of phenols is 2. The molecule has 0 amide bonds. The molecule has 0 aromatic heterocycles. The normalized spacial score (nSPS) is 33.5. The lowest BCUT2D eigenvalue weighted by Crippen LogP contribution is -2.08. The highest BCUT2D eigenvalue weighted by Gasteiger charge is 2.40. The fourth-order valence-electron chi connectivity index (χ4n) is 3.42. The summed E-state index contributed by atoms with van der Waals surface area (Å²) in [7, 11) is 0. The van der Waals surface area contributed by atoms with Crippen LogP contribution in [0.15, 0.2) is 18.2 Å². The second-order valence-electron chi connectivity index (χ2n) is 5.03. The quantitative estimate of drug-likeness (QED) is 0.690. The molecule has 0 radical (unpaired) electrons. The number of hydrogen-bond donors (Lipinski definition) is 2. The maximum atomic E-state index is 9.48. The Morgan fingerprint density at radius 3 is 2.47 bits per heavy atom. The van der Waals surface area contributed by atoms with Gasteiger partial charge in [-0.25, -0.2) is 0 Å². The zero-order valence-electron chi connectivity index (χ0n) is 8.69. The van der Waals surface area contributed by atoms with Crippen LogP contribution in [0, 0.1) is 11.8 Å². The molecule has 2 nitrogen and oxygen atoms in total. The van der Waals surface area contributed by atoms with Gasteiger partial charge in [0, 0.05) is 0 Å². The van der Waals surface area contributed by atoms with E-state index < -0.39 is 0 Å². The average Bonchev–Trinajstić information content (AvgIpc) is 2.83. The minimum absolute atomic E-state index is 0.0121. The first-order valence-corrected chi connectivity index (χ1v) is 5.76. The number of fused-ring (bicyclic) bond motifs is 2. The molecule has 2 bridgehead atoms. The van der Waals surface area contributed by atoms with E-state index in [-0.39, 0.29) is 11.5 Å². The fourth-order valence-corrected chi connectivity index (χ4v) is 3.42. The molecule has 0 spiro atoms. The van der Waals surface area contributed by atoms with Gasteiger partial charge in [0.25, 0.3) is 0 Å². The molecule has 0 saturated heterocycles. The molecular formula is C13H16O2. The standard InChI is InChI=1S/C13H16O2/c14-12-4-3-10(7-13(12)15)11-6-8-1-2-9(11)5-8/h3-4,7-9,11,14-15H,1-2,5-6H2/t8-,9+,11+/m0/s1. The molecule has 80 valence electrons. The molecule has 0 unspecified atom stereocenters. The summed E-state index contributed by atoms with van der Waals surface area (Å²) in [6.45, 7) is 0. The molecule has 1 aromatic rings. The SMILES string of the molecule is Oc1ccc([C@@H]2C[C@H]3CC[C@@H]2C3)cc1O. The van der Waals surface area contributed by atoms with E-state index in [1.54, 1.807) is 12.1 Å². The van der Waals surface area contributed by atoms with Crippen molar-refractivity contribution in [2.45, 2.75) is 31.6 Å². The van der Waals surface area contributed by atoms with Gasteiger partial charge >= 0.3 is 0 Å². The second kappa shape index (κ2) is 3.16. The molecular weight excluding hydrogens is 188 g/mol. The van der Waals surface area contributed by atoms with Gasteiger partial charge in [0.1, 0.15) is 0 Å². The molecule has 15 heavy (non-hydrogen) atoms. The predicted octanol–water partition coefficient (Wildman–Crippen LogP) is 3.00. The van der Waals surface area contributed by atoms with Crippen LogP contribution in [0.25, 0.3) is 0 Å². The Balaban J connectivity index is 1.90. The number of rotatable bonds is 1. The molecule has 3 rings (SSSR count). The molecule has 0 aliphatic heterocycles. The first kappa shape index (κ1) is 9.08. The van der Waals surface area contributed by atoms with Crippen LogP contribution in [0.4, 0.5) is 0 Å². The largest absolute Gasteiger partial charge is 0.504 e. The highest BCUT2D eigenvalue weighted by molar-refractivity contribution is 5.42. The van der Waals surface area contributed by atoms with Crippen molar-refractivity contribution < 1.29 is 10.2 Å². The van der Waals surface area contributed by atoms with Crippen LogP contribution in [-0.2, 0) is 0 Å². The molecule has 2 aliphatic carbocycles. The topological polar surface area (TPSA) is 40.5 Å². The summed E-state index contributed by atoms with van der Waals surface area (Å²) in [4.78, 5) is 0. The van der Waals surface area contributed by atoms with Crippen LogP contribution < -0.4 is 0 Å². The monoisotopic (exact) mass is 204 g/mol. The van der Waals surface area contributed by atoms with Crippen LogP contribution in [0.3, 0.4) is 0 Å². The highest BCUT2D eigenvalue weighted by Crippen LogP contribution is 2.53. The Labute approximate surface area is 89.6 Å². The van der Waals surface area contributed by atoms with Gasteiger partial charge in [-0.2, -0.15) is 0 Å². The molecule has 2 N–H and O–H groups in total. The Hall–Kier alpha value is -1.18. The van der Waals surface area contributed by atoms with Crippen molar-refractivity contribution >= 4 is 0 Å². The average molecular weight is 204 g/mol. The van der Waals surface area contributed by atoms with E-state index in [1.807, 2.05) is 6.07 Å². The van der Waals surface area contributed by atoms with E-state index in [1.165, 1.54) is 31.2 Å². The lowest BCUT2D eigenvalue weighted by atomic mass is 9.83. The minimum Gasteiger partial charge on any atom is -0.504 e. The number of benzene rings is 1. The third kappa shape index (κ3) is 1.39. The van der Waals surface area contributed by atoms with Crippen molar-refractivity contribution in [1.82, 2.24) is 0 Å². The predicted molar refractivity (Wildman–Crippen MR) is 58.0 cm³/mol. The van der Waals surface area contributed by atoms with Gasteiger partial charge in [0.15, 0.2) is 11.5 Å². The van der Waals surface area contributed by atoms with E-state index in [0.717, 1.165) is 11.8 Å². The molecule has 0 heterocycles. The Bertz CT molecular complexity index is 386. The van der Waals surface area contributed by atoms with Gasteiger partial charge in [0.05, 0.1) is 0 Å². The van der Waals surface area contributed by atoms with Crippen molar-refractivity contribution in [3.8, 4) is 11.5 Å². The van der Waals surface area contributed by atoms with Gasteiger partial charge < -0.3 is 10.2 Å². The number of phenolic OH excluding ortho intramolecular Hbond substituents is 2. The lowest BCUT2D eigenvalue weighted by molar-refractivity contribution is 0.395. The summed E-state index contributed by atoms with van der Waals surface area (Å²) in [6.07, 6.45) is 5.38. The molecule has 3 atom stereocenters. The van der Waals surface area contributed by atoms with Crippen LogP contribution in [0.5, 0.6) is 11.5 Å². The van der Waals surface area contributed by atoms with Gasteiger partial charge in [-0.15, -0.1) is 0 Å². The second-order valence-corrected chi connectivity index (χ2v) is 5.03. The molecule has 2 saturated carbocycles. The number of aromatic hydroxyl groups is 2. The van der Waals surface area contributed by atoms with Gasteiger partial charge in [0.2, 0.25) is 0 Å². The first-order chi connectivity index (χ1) is 7.24. The summed E-state index contributed by atoms with van der Waals surface area (Å²) in [5.41, 5.74) is 1.21. The van der Waals surface area contributed by atoms with Crippen LogP contribution >= 0.6 is 0 Å². The molecule has 1 aromatic carbocycles. The summed E-state index contributed by atoms with van der Waals surface area (Å²) < 4.78 is 0. The Morgan fingerprint density at radius 2 is 1.87 bits per heavy atom. The third-order valence-electron chi connectivity index (χ3n) is 4.17. The highest BCUT2D eigenvalue weighted by atomic mass is 16.3. The fraction of sp³-hybridized carbons (Fsp3) is 0.538. The van der Waals surface area contributed by atoms with E-state index in [2.05, 4.69) is 0 Å². The van der Waals surface area contributed by atoms with E-state index in [4.69, 9.17) is 0 Å². The van der Waals surface area contributed by atoms with Crippen LogP contribution in [0.1, 0.15) is 37.2 Å². The molecule has 2 aliphatic rings. The zero-order valence-corrected chi connectivity index (χ0v) is 8.69. The zero-order chi connectivity index (χ0) is 10.4. The lowest BCUT2D eigenvalue weighted by Gasteiger charge is -2.22. The Morgan fingerprint density at radius 1 is 1.00 bits per heavy atom. The maximum absolute atomic E-state index is 9.48. The summed E-state index contributed by atoms with van der Waals surface area (Å²) >= 11 is 0. The van der Waals surface area contributed by atoms with E-state index >= 15 is 0 Å². The summed E-state index contributed by atoms with van der Waals surface area (Å²) in [5.74, 6) is 2.36. The first-order valence-electron chi connectivity index (χ1n) is 5.76. The van der Waals surface area contributed by atoms with Crippen molar-refractivity contribution in [2.24, 2.45) is 11.8 Å². The smallest absolute Gasteiger partial charge is 0.157 e. The van der Waals surface area contributed by atoms with Crippen molar-refractivity contribution in [3.05, 3.63) is 23.8 Å². The maximum Gasteiger partial charge on any atom is 0.157 e. The van der Waals surface area contributed by atoms with Crippen molar-refractivity contribution in [2.75, 3.05) is 0 Å². The Kier molecular flexibility index (Phi) is 1.91. The van der Waals surface area contributed by atoms with Gasteiger partial charge in [-0.05, 0) is 54.7 Å². The third-order valence-corrected chi connectivity index (χ3v) is 4.17. The minimum atomic E-state index is -0.0121. The van der Waals surface area contributed by atoms with E-state index in [0.29, 0.717) is 5.92 Å². The van der Waals surface area contributed by atoms with E-state index in [9.17, 15) is 10.2 Å². The van der Waals surface area contributed by atoms with Gasteiger partial charge in [-0.1, -0.05) is 12.5 Å². The van der Waals surface area contributed by atoms with Gasteiger partial charge in [-0.3, -0.25) is 0 Å². The summed E-state index contributed by atoms with van der Waals surface area (Å²) in [5, 5.41) is 18.7. The molecule has 2 fully saturated rings. The summed E-state index contributed by atoms with van der Waals surface area (Å²) in [6, 6.07) is 5.30. The van der Waals surface area contributed by atoms with Crippen molar-refractivity contribution in [1.29, 1.82) is 0 Å².